The predicted molar refractivity (Wildman–Crippen MR) is 127 cm³/mol. The number of carbonyl (C=O) groups is 1. The van der Waals surface area contributed by atoms with E-state index in [9.17, 15) is 4.79 Å². The van der Waals surface area contributed by atoms with Gasteiger partial charge in [0.1, 0.15) is 0 Å². The van der Waals surface area contributed by atoms with Crippen LogP contribution in [-0.4, -0.2) is 52.9 Å². The van der Waals surface area contributed by atoms with E-state index < -0.39 is 0 Å². The minimum absolute atomic E-state index is 0. The molecule has 0 bridgehead atoms. The van der Waals surface area contributed by atoms with Gasteiger partial charge >= 0.3 is 0 Å². The van der Waals surface area contributed by atoms with Gasteiger partial charge in [-0.2, -0.15) is 11.8 Å². The molecule has 1 aliphatic rings. The fourth-order valence-corrected chi connectivity index (χ4v) is 4.06. The van der Waals surface area contributed by atoms with Crippen molar-refractivity contribution in [2.75, 3.05) is 25.9 Å². The zero-order chi connectivity index (χ0) is 19.4. The molecule has 5 nitrogen and oxygen atoms in total. The molecule has 1 aromatic carbocycles. The molecule has 0 unspecified atom stereocenters. The summed E-state index contributed by atoms with van der Waals surface area (Å²) in [7, 11) is 1.82. The number of hydrogen-bond donors (Lipinski definition) is 2. The van der Waals surface area contributed by atoms with E-state index in [1.165, 1.54) is 0 Å². The summed E-state index contributed by atoms with van der Waals surface area (Å²) in [5.41, 5.74) is 1.51. The van der Waals surface area contributed by atoms with Crippen LogP contribution in [0.25, 0.3) is 0 Å². The van der Waals surface area contributed by atoms with Crippen molar-refractivity contribution in [3.8, 4) is 0 Å². The maximum absolute atomic E-state index is 12.4. The third kappa shape index (κ3) is 7.89. The molecule has 0 atom stereocenters. The zero-order valence-corrected chi connectivity index (χ0v) is 20.4. The van der Waals surface area contributed by atoms with Gasteiger partial charge in [0.15, 0.2) is 5.96 Å². The lowest BCUT2D eigenvalue weighted by Crippen LogP contribution is -2.50. The second-order valence-electron chi connectivity index (χ2n) is 8.33. The van der Waals surface area contributed by atoms with Crippen molar-refractivity contribution in [1.29, 1.82) is 0 Å². The van der Waals surface area contributed by atoms with Crippen molar-refractivity contribution < 1.29 is 4.79 Å². The van der Waals surface area contributed by atoms with Gasteiger partial charge in [-0.3, -0.25) is 9.79 Å². The number of halogens is 1. The highest BCUT2D eigenvalue weighted by molar-refractivity contribution is 14.0. The van der Waals surface area contributed by atoms with E-state index in [4.69, 9.17) is 0 Å². The molecule has 0 aliphatic carbocycles. The van der Waals surface area contributed by atoms with Gasteiger partial charge in [0.2, 0.25) is 0 Å². The van der Waals surface area contributed by atoms with Crippen LogP contribution in [0.15, 0.2) is 29.3 Å². The van der Waals surface area contributed by atoms with Crippen LogP contribution >= 0.6 is 35.7 Å². The average molecular weight is 504 g/mol. The quantitative estimate of drug-likeness (QED) is 0.374. The molecule has 0 aromatic heterocycles. The van der Waals surface area contributed by atoms with Crippen LogP contribution in [0.1, 0.15) is 50.5 Å². The van der Waals surface area contributed by atoms with Crippen LogP contribution < -0.4 is 10.6 Å². The Balaban J connectivity index is 0.00000364. The lowest BCUT2D eigenvalue weighted by atomic mass is 10.1. The summed E-state index contributed by atoms with van der Waals surface area (Å²) in [6.07, 6.45) is 0. The molecule has 7 heteroatoms. The SMILES string of the molecule is CN=C(NCc1cccc(C(=O)NC(C)(C)C)c1)N1CCSC(C)(C)C1.I. The van der Waals surface area contributed by atoms with Gasteiger partial charge in [-0.15, -0.1) is 24.0 Å². The molecule has 1 aliphatic heterocycles. The molecule has 2 rings (SSSR count). The fraction of sp³-hybridized carbons (Fsp3) is 0.600. The number of nitrogens with zero attached hydrogens (tertiary/aromatic N) is 2. The van der Waals surface area contributed by atoms with Crippen LogP contribution in [-0.2, 0) is 6.54 Å². The fourth-order valence-electron chi connectivity index (χ4n) is 2.95. The van der Waals surface area contributed by atoms with Crippen LogP contribution in [0.2, 0.25) is 0 Å². The molecule has 0 radical (unpaired) electrons. The van der Waals surface area contributed by atoms with Gasteiger partial charge in [0, 0.05) is 48.3 Å². The van der Waals surface area contributed by atoms with Crippen LogP contribution in [0.5, 0.6) is 0 Å². The molecule has 1 amide bonds. The van der Waals surface area contributed by atoms with E-state index in [0.717, 1.165) is 30.4 Å². The monoisotopic (exact) mass is 504 g/mol. The van der Waals surface area contributed by atoms with Gasteiger partial charge in [-0.25, -0.2) is 0 Å². The van der Waals surface area contributed by atoms with Crippen molar-refractivity contribution in [1.82, 2.24) is 15.5 Å². The number of benzene rings is 1. The molecule has 1 saturated heterocycles. The number of hydrogen-bond acceptors (Lipinski definition) is 3. The molecule has 0 spiro atoms. The Kier molecular flexibility index (Phi) is 8.92. The Labute approximate surface area is 185 Å². The Morgan fingerprint density at radius 2 is 2.04 bits per heavy atom. The number of rotatable bonds is 3. The second-order valence-corrected chi connectivity index (χ2v) is 10.1. The molecule has 1 heterocycles. The minimum Gasteiger partial charge on any atom is -0.352 e. The molecular weight excluding hydrogens is 471 g/mol. The molecule has 1 fully saturated rings. The maximum atomic E-state index is 12.4. The summed E-state index contributed by atoms with van der Waals surface area (Å²) in [5.74, 6) is 1.98. The summed E-state index contributed by atoms with van der Waals surface area (Å²) in [6.45, 7) is 13.1. The van der Waals surface area contributed by atoms with Crippen molar-refractivity contribution in [3.05, 3.63) is 35.4 Å². The molecule has 0 saturated carbocycles. The number of nitrogens with one attached hydrogen (secondary N) is 2. The molecule has 152 valence electrons. The maximum Gasteiger partial charge on any atom is 0.251 e. The van der Waals surface area contributed by atoms with Crippen molar-refractivity contribution >= 4 is 47.6 Å². The van der Waals surface area contributed by atoms with Gasteiger partial charge < -0.3 is 15.5 Å². The van der Waals surface area contributed by atoms with Gasteiger partial charge in [0.05, 0.1) is 0 Å². The number of thioether (sulfide) groups is 1. The van der Waals surface area contributed by atoms with E-state index in [0.29, 0.717) is 12.1 Å². The minimum atomic E-state index is -0.244. The Morgan fingerprint density at radius 3 is 2.63 bits per heavy atom. The first-order valence-corrected chi connectivity index (χ1v) is 10.1. The largest absolute Gasteiger partial charge is 0.352 e. The first kappa shape index (κ1) is 24.1. The van der Waals surface area contributed by atoms with Gasteiger partial charge in [-0.05, 0) is 52.3 Å². The highest BCUT2D eigenvalue weighted by Gasteiger charge is 2.28. The van der Waals surface area contributed by atoms with Crippen LogP contribution in [0, 0.1) is 0 Å². The Hall–Kier alpha value is -0.960. The first-order chi connectivity index (χ1) is 12.1. The predicted octanol–water partition coefficient (Wildman–Crippen LogP) is 3.74. The highest BCUT2D eigenvalue weighted by Crippen LogP contribution is 2.29. The summed E-state index contributed by atoms with van der Waals surface area (Å²) in [6, 6.07) is 7.75. The van der Waals surface area contributed by atoms with E-state index in [1.54, 1.807) is 0 Å². The zero-order valence-electron chi connectivity index (χ0n) is 17.3. The number of aliphatic imine (C=N–C) groups is 1. The van der Waals surface area contributed by atoms with Crippen LogP contribution in [0.4, 0.5) is 0 Å². The van der Waals surface area contributed by atoms with Crippen molar-refractivity contribution in [2.45, 2.75) is 51.4 Å². The third-order valence-electron chi connectivity index (χ3n) is 4.07. The lowest BCUT2D eigenvalue weighted by Gasteiger charge is -2.39. The first-order valence-electron chi connectivity index (χ1n) is 9.11. The van der Waals surface area contributed by atoms with E-state index in [2.05, 4.69) is 34.4 Å². The molecular formula is C20H33IN4OS. The van der Waals surface area contributed by atoms with E-state index in [1.807, 2.05) is 63.8 Å². The van der Waals surface area contributed by atoms with Gasteiger partial charge in [0.25, 0.3) is 5.91 Å². The molecule has 1 aromatic rings. The number of amides is 1. The van der Waals surface area contributed by atoms with Gasteiger partial charge in [-0.1, -0.05) is 12.1 Å². The molecule has 27 heavy (non-hydrogen) atoms. The Morgan fingerprint density at radius 1 is 1.33 bits per heavy atom. The normalized spacial score (nSPS) is 17.1. The topological polar surface area (TPSA) is 56.7 Å². The number of guanidine groups is 1. The summed E-state index contributed by atoms with van der Waals surface area (Å²) in [4.78, 5) is 19.1. The molecule has 2 N–H and O–H groups in total. The van der Waals surface area contributed by atoms with Crippen molar-refractivity contribution in [2.24, 2.45) is 4.99 Å². The van der Waals surface area contributed by atoms with E-state index in [-0.39, 0.29) is 40.2 Å². The summed E-state index contributed by atoms with van der Waals surface area (Å²) >= 11 is 2.01. The Bertz CT molecular complexity index is 670. The standard InChI is InChI=1S/C20H32N4OS.HI/c1-19(2,3)23-17(25)16-9-7-8-15(12-16)13-22-18(21-6)24-10-11-26-20(4,5)14-24;/h7-9,12H,10-11,13-14H2,1-6H3,(H,21,22)(H,23,25);1H. The smallest absolute Gasteiger partial charge is 0.251 e. The summed E-state index contributed by atoms with van der Waals surface area (Å²) in [5, 5.41) is 6.45. The lowest BCUT2D eigenvalue weighted by molar-refractivity contribution is 0.0919. The van der Waals surface area contributed by atoms with Crippen molar-refractivity contribution in [3.63, 3.8) is 0 Å². The van der Waals surface area contributed by atoms with E-state index >= 15 is 0 Å². The summed E-state index contributed by atoms with van der Waals surface area (Å²) < 4.78 is 0.237. The number of carbonyl (C=O) groups excluding carboxylic acids is 1. The van der Waals surface area contributed by atoms with Crippen LogP contribution in [0.3, 0.4) is 0 Å². The average Bonchev–Trinajstić information content (AvgIpc) is 2.53. The highest BCUT2D eigenvalue weighted by atomic mass is 127. The second kappa shape index (κ2) is 10.0. The third-order valence-corrected chi connectivity index (χ3v) is 5.36.